The van der Waals surface area contributed by atoms with Crippen LogP contribution in [0.2, 0.25) is 0 Å². The minimum atomic E-state index is -1.09. The number of hydrogen-bond donors (Lipinski definition) is 2. The molecule has 0 bridgehead atoms. The van der Waals surface area contributed by atoms with E-state index in [1.54, 1.807) is 30.3 Å². The first kappa shape index (κ1) is 22.6. The molecule has 0 saturated carbocycles. The highest BCUT2D eigenvalue weighted by molar-refractivity contribution is 5.90. The fourth-order valence-corrected chi connectivity index (χ4v) is 2.95. The maximum absolute atomic E-state index is 14.0. The van der Waals surface area contributed by atoms with Crippen LogP contribution in [0.1, 0.15) is 23.6 Å². The van der Waals surface area contributed by atoms with Gasteiger partial charge in [0.1, 0.15) is 17.9 Å². The standard InChI is InChI=1S/C22H22FN3O4/c1-14(27)25-19(12-17-8-3-4-9-18(17)23)21(28)26-20(22(29)30-2)11-15-6-5-7-16(10-15)13-24/h3-10,19-20H,11-12H2,1-2H3,(H,25,27)(H,26,28)/t19-,20+/m1/s1. The Labute approximate surface area is 173 Å². The number of nitrogens with zero attached hydrogens (tertiary/aromatic N) is 1. The third kappa shape index (κ3) is 6.41. The largest absolute Gasteiger partial charge is 0.467 e. The van der Waals surface area contributed by atoms with Gasteiger partial charge in [-0.3, -0.25) is 9.59 Å². The van der Waals surface area contributed by atoms with Gasteiger partial charge < -0.3 is 15.4 Å². The van der Waals surface area contributed by atoms with Gasteiger partial charge in [-0.15, -0.1) is 0 Å². The van der Waals surface area contributed by atoms with Crippen molar-refractivity contribution in [3.05, 3.63) is 71.0 Å². The van der Waals surface area contributed by atoms with Crippen LogP contribution in [0.3, 0.4) is 0 Å². The lowest BCUT2D eigenvalue weighted by molar-refractivity contribution is -0.145. The third-order valence-corrected chi connectivity index (χ3v) is 4.37. The van der Waals surface area contributed by atoms with E-state index < -0.39 is 35.7 Å². The molecule has 0 aromatic heterocycles. The van der Waals surface area contributed by atoms with Gasteiger partial charge in [0.05, 0.1) is 18.7 Å². The van der Waals surface area contributed by atoms with Gasteiger partial charge in [0, 0.05) is 19.8 Å². The Hall–Kier alpha value is -3.73. The molecule has 2 aromatic rings. The van der Waals surface area contributed by atoms with Crippen molar-refractivity contribution >= 4 is 17.8 Å². The first-order chi connectivity index (χ1) is 14.3. The Morgan fingerprint density at radius 2 is 1.80 bits per heavy atom. The molecule has 8 heteroatoms. The van der Waals surface area contributed by atoms with Crippen LogP contribution in [0.15, 0.2) is 48.5 Å². The number of carbonyl (C=O) groups is 3. The molecule has 0 aliphatic heterocycles. The molecule has 2 aromatic carbocycles. The Bertz CT molecular complexity index is 971. The number of carbonyl (C=O) groups excluding carboxylic acids is 3. The molecule has 0 aliphatic rings. The van der Waals surface area contributed by atoms with Crippen molar-refractivity contribution in [2.75, 3.05) is 7.11 Å². The zero-order valence-corrected chi connectivity index (χ0v) is 16.6. The van der Waals surface area contributed by atoms with Gasteiger partial charge in [-0.25, -0.2) is 9.18 Å². The quantitative estimate of drug-likeness (QED) is 0.642. The number of nitriles is 1. The van der Waals surface area contributed by atoms with Crippen molar-refractivity contribution in [1.29, 1.82) is 5.26 Å². The first-order valence-electron chi connectivity index (χ1n) is 9.21. The number of esters is 1. The average Bonchev–Trinajstić information content (AvgIpc) is 2.73. The van der Waals surface area contributed by atoms with Crippen molar-refractivity contribution in [3.63, 3.8) is 0 Å². The van der Waals surface area contributed by atoms with E-state index in [1.165, 1.54) is 32.2 Å². The highest BCUT2D eigenvalue weighted by Crippen LogP contribution is 2.11. The molecule has 2 atom stereocenters. The molecule has 0 radical (unpaired) electrons. The zero-order valence-electron chi connectivity index (χ0n) is 16.6. The highest BCUT2D eigenvalue weighted by atomic mass is 19.1. The Kier molecular flexibility index (Phi) is 8.06. The molecule has 7 nitrogen and oxygen atoms in total. The SMILES string of the molecule is COC(=O)[C@H](Cc1cccc(C#N)c1)NC(=O)[C@@H](Cc1ccccc1F)NC(C)=O. The van der Waals surface area contributed by atoms with Crippen LogP contribution >= 0.6 is 0 Å². The maximum atomic E-state index is 14.0. The number of amides is 2. The predicted octanol–water partition coefficient (Wildman–Crippen LogP) is 1.65. The Morgan fingerprint density at radius 3 is 2.43 bits per heavy atom. The molecule has 0 fully saturated rings. The van der Waals surface area contributed by atoms with Gasteiger partial charge in [-0.05, 0) is 29.3 Å². The number of ether oxygens (including phenoxy) is 1. The second kappa shape index (κ2) is 10.7. The summed E-state index contributed by atoms with van der Waals surface area (Å²) in [5, 5.41) is 14.1. The van der Waals surface area contributed by atoms with Crippen molar-refractivity contribution in [3.8, 4) is 6.07 Å². The number of methoxy groups -OCH3 is 1. The monoisotopic (exact) mass is 411 g/mol. The summed E-state index contributed by atoms with van der Waals surface area (Å²) in [6.45, 7) is 1.24. The Balaban J connectivity index is 2.21. The molecular formula is C22H22FN3O4. The molecule has 30 heavy (non-hydrogen) atoms. The second-order valence-electron chi connectivity index (χ2n) is 6.65. The van der Waals surface area contributed by atoms with Gasteiger partial charge >= 0.3 is 5.97 Å². The number of rotatable bonds is 8. The molecule has 156 valence electrons. The summed E-state index contributed by atoms with van der Waals surface area (Å²) < 4.78 is 18.8. The van der Waals surface area contributed by atoms with Gasteiger partial charge in [0.15, 0.2) is 0 Å². The van der Waals surface area contributed by atoms with E-state index in [0.717, 1.165) is 0 Å². The van der Waals surface area contributed by atoms with Gasteiger partial charge in [0.2, 0.25) is 11.8 Å². The maximum Gasteiger partial charge on any atom is 0.328 e. The van der Waals surface area contributed by atoms with Crippen molar-refractivity contribution in [2.45, 2.75) is 31.8 Å². The summed E-state index contributed by atoms with van der Waals surface area (Å²) in [6, 6.07) is 12.4. The number of halogens is 1. The molecule has 2 N–H and O–H groups in total. The van der Waals surface area contributed by atoms with Crippen LogP contribution < -0.4 is 10.6 Å². The highest BCUT2D eigenvalue weighted by Gasteiger charge is 2.28. The van der Waals surface area contributed by atoms with E-state index in [9.17, 15) is 18.8 Å². The van der Waals surface area contributed by atoms with Crippen LogP contribution in [0, 0.1) is 17.1 Å². The molecular weight excluding hydrogens is 389 g/mol. The van der Waals surface area contributed by atoms with Crippen LogP contribution in [-0.2, 0) is 32.0 Å². The van der Waals surface area contributed by atoms with Crippen LogP contribution in [0.4, 0.5) is 4.39 Å². The predicted molar refractivity (Wildman–Crippen MR) is 107 cm³/mol. The normalized spacial score (nSPS) is 12.2. The van der Waals surface area contributed by atoms with E-state index in [0.29, 0.717) is 11.1 Å². The van der Waals surface area contributed by atoms with Crippen LogP contribution in [-0.4, -0.2) is 37.0 Å². The third-order valence-electron chi connectivity index (χ3n) is 4.37. The fourth-order valence-electron chi connectivity index (χ4n) is 2.95. The summed E-state index contributed by atoms with van der Waals surface area (Å²) in [4.78, 5) is 36.6. The van der Waals surface area contributed by atoms with Crippen LogP contribution in [0.25, 0.3) is 0 Å². The van der Waals surface area contributed by atoms with E-state index in [2.05, 4.69) is 10.6 Å². The van der Waals surface area contributed by atoms with E-state index in [-0.39, 0.29) is 18.4 Å². The lowest BCUT2D eigenvalue weighted by atomic mass is 10.0. The van der Waals surface area contributed by atoms with Gasteiger partial charge in [-0.2, -0.15) is 5.26 Å². The zero-order chi connectivity index (χ0) is 22.1. The minimum absolute atomic E-state index is 0.0838. The molecule has 0 heterocycles. The summed E-state index contributed by atoms with van der Waals surface area (Å²) >= 11 is 0. The summed E-state index contributed by atoms with van der Waals surface area (Å²) in [6.07, 6.45) is -0.00365. The summed E-state index contributed by atoms with van der Waals surface area (Å²) in [7, 11) is 1.19. The second-order valence-corrected chi connectivity index (χ2v) is 6.65. The first-order valence-corrected chi connectivity index (χ1v) is 9.21. The molecule has 0 saturated heterocycles. The number of nitrogens with one attached hydrogen (secondary N) is 2. The fraction of sp³-hybridized carbons (Fsp3) is 0.273. The van der Waals surface area contributed by atoms with Crippen LogP contribution in [0.5, 0.6) is 0 Å². The molecule has 2 rings (SSSR count). The van der Waals surface area contributed by atoms with Gasteiger partial charge in [0.25, 0.3) is 0 Å². The molecule has 0 aliphatic carbocycles. The van der Waals surface area contributed by atoms with E-state index >= 15 is 0 Å². The minimum Gasteiger partial charge on any atom is -0.467 e. The lowest BCUT2D eigenvalue weighted by Gasteiger charge is -2.22. The van der Waals surface area contributed by atoms with Crippen molar-refractivity contribution in [2.24, 2.45) is 0 Å². The average molecular weight is 411 g/mol. The van der Waals surface area contributed by atoms with E-state index in [1.807, 2.05) is 6.07 Å². The number of benzene rings is 2. The Morgan fingerprint density at radius 1 is 1.07 bits per heavy atom. The number of hydrogen-bond acceptors (Lipinski definition) is 5. The molecule has 0 unspecified atom stereocenters. The van der Waals surface area contributed by atoms with Crippen molar-refractivity contribution in [1.82, 2.24) is 10.6 Å². The van der Waals surface area contributed by atoms with E-state index in [4.69, 9.17) is 10.00 Å². The lowest BCUT2D eigenvalue weighted by Crippen LogP contribution is -2.53. The topological polar surface area (TPSA) is 108 Å². The summed E-state index contributed by atoms with van der Waals surface area (Å²) in [5.41, 5.74) is 1.32. The van der Waals surface area contributed by atoms with Gasteiger partial charge in [-0.1, -0.05) is 30.3 Å². The van der Waals surface area contributed by atoms with Crippen molar-refractivity contribution < 1.29 is 23.5 Å². The summed E-state index contributed by atoms with van der Waals surface area (Å²) in [5.74, 6) is -2.31. The molecule has 2 amide bonds. The molecule has 0 spiro atoms. The smallest absolute Gasteiger partial charge is 0.328 e.